The van der Waals surface area contributed by atoms with E-state index < -0.39 is 21.9 Å². The maximum Gasteiger partial charge on any atom is 0.339 e. The molecule has 0 bridgehead atoms. The van der Waals surface area contributed by atoms with Gasteiger partial charge in [0, 0.05) is 18.3 Å². The van der Waals surface area contributed by atoms with Crippen molar-refractivity contribution in [2.75, 3.05) is 30.4 Å². The Bertz CT molecular complexity index is 1290. The summed E-state index contributed by atoms with van der Waals surface area (Å²) < 4.78 is 36.9. The van der Waals surface area contributed by atoms with Gasteiger partial charge in [0.05, 0.1) is 34.9 Å². The Morgan fingerprint density at radius 1 is 1.00 bits per heavy atom. The second kappa shape index (κ2) is 10.6. The largest absolute Gasteiger partial charge is 0.497 e. The molecule has 0 heterocycles. The van der Waals surface area contributed by atoms with Gasteiger partial charge in [0.2, 0.25) is 0 Å². The summed E-state index contributed by atoms with van der Waals surface area (Å²) in [5.74, 6) is -0.421. The summed E-state index contributed by atoms with van der Waals surface area (Å²) in [6.07, 6.45) is 0. The summed E-state index contributed by atoms with van der Waals surface area (Å²) >= 11 is 6.13. The predicted octanol–water partition coefficient (Wildman–Crippen LogP) is 4.60. The molecule has 0 spiro atoms. The van der Waals surface area contributed by atoms with Gasteiger partial charge in [-0.25, -0.2) is 13.2 Å². The zero-order valence-corrected chi connectivity index (χ0v) is 20.3. The molecular weight excluding hydrogens is 480 g/mol. The van der Waals surface area contributed by atoms with E-state index in [1.165, 1.54) is 62.7 Å². The number of esters is 1. The lowest BCUT2D eigenvalue weighted by Gasteiger charge is -2.20. The van der Waals surface area contributed by atoms with Crippen LogP contribution >= 0.6 is 11.6 Å². The minimum Gasteiger partial charge on any atom is -0.497 e. The van der Waals surface area contributed by atoms with E-state index in [9.17, 15) is 18.0 Å². The number of methoxy groups -OCH3 is 1. The highest BCUT2D eigenvalue weighted by Crippen LogP contribution is 2.25. The van der Waals surface area contributed by atoms with Crippen LogP contribution in [0.25, 0.3) is 0 Å². The van der Waals surface area contributed by atoms with Crippen LogP contribution in [0.4, 0.5) is 11.4 Å². The number of amides is 1. The number of nitrogens with zero attached hydrogens (tertiary/aromatic N) is 1. The smallest absolute Gasteiger partial charge is 0.339 e. The van der Waals surface area contributed by atoms with E-state index in [0.29, 0.717) is 22.7 Å². The summed E-state index contributed by atoms with van der Waals surface area (Å²) in [4.78, 5) is 24.6. The van der Waals surface area contributed by atoms with Crippen LogP contribution in [0, 0.1) is 0 Å². The van der Waals surface area contributed by atoms with Crippen molar-refractivity contribution in [2.45, 2.75) is 11.8 Å². The van der Waals surface area contributed by atoms with Gasteiger partial charge in [0.25, 0.3) is 15.9 Å². The van der Waals surface area contributed by atoms with Crippen molar-refractivity contribution in [2.24, 2.45) is 0 Å². The van der Waals surface area contributed by atoms with Crippen LogP contribution in [-0.2, 0) is 14.8 Å². The van der Waals surface area contributed by atoms with Crippen molar-refractivity contribution in [3.05, 3.63) is 82.9 Å². The van der Waals surface area contributed by atoms with Crippen LogP contribution in [-0.4, -0.2) is 41.1 Å². The van der Waals surface area contributed by atoms with Crippen molar-refractivity contribution < 1.29 is 27.5 Å². The standard InChI is InChI=1S/C24H23ClN2O6S/c1-4-33-24(29)21-14-7-17(15-22(21)25)26-23(28)16-5-8-18(9-6-16)27(2)34(30,31)20-12-10-19(32-3)11-13-20/h5-15H,4H2,1-3H3,(H,26,28). The van der Waals surface area contributed by atoms with Gasteiger partial charge in [-0.2, -0.15) is 0 Å². The quantitative estimate of drug-likeness (QED) is 0.451. The fourth-order valence-electron chi connectivity index (χ4n) is 3.04. The van der Waals surface area contributed by atoms with Crippen LogP contribution in [0.15, 0.2) is 71.6 Å². The van der Waals surface area contributed by atoms with E-state index in [2.05, 4.69) is 5.32 Å². The predicted molar refractivity (Wildman–Crippen MR) is 130 cm³/mol. The molecule has 178 valence electrons. The third-order valence-corrected chi connectivity index (χ3v) is 7.05. The summed E-state index contributed by atoms with van der Waals surface area (Å²) in [6.45, 7) is 1.91. The minimum absolute atomic E-state index is 0.112. The first-order valence-electron chi connectivity index (χ1n) is 10.2. The van der Waals surface area contributed by atoms with Gasteiger partial charge in [-0.15, -0.1) is 0 Å². The average molecular weight is 503 g/mol. The number of hydrogen-bond acceptors (Lipinski definition) is 6. The number of carbonyl (C=O) groups is 2. The molecule has 0 aliphatic rings. The first-order chi connectivity index (χ1) is 16.2. The Hall–Kier alpha value is -3.56. The molecule has 0 atom stereocenters. The molecule has 3 aromatic carbocycles. The molecule has 0 fully saturated rings. The number of sulfonamides is 1. The molecule has 10 heteroatoms. The van der Waals surface area contributed by atoms with Crippen molar-refractivity contribution in [3.63, 3.8) is 0 Å². The third-order valence-electron chi connectivity index (χ3n) is 4.93. The molecule has 34 heavy (non-hydrogen) atoms. The molecule has 0 radical (unpaired) electrons. The number of anilines is 2. The lowest BCUT2D eigenvalue weighted by molar-refractivity contribution is 0.0526. The SMILES string of the molecule is CCOC(=O)c1ccc(NC(=O)c2ccc(N(C)S(=O)(=O)c3ccc(OC)cc3)cc2)cc1Cl. The van der Waals surface area contributed by atoms with Gasteiger partial charge in [-0.05, 0) is 73.7 Å². The van der Waals surface area contributed by atoms with Gasteiger partial charge < -0.3 is 14.8 Å². The monoisotopic (exact) mass is 502 g/mol. The number of rotatable bonds is 8. The molecular formula is C24H23ClN2O6S. The molecule has 0 aromatic heterocycles. The lowest BCUT2D eigenvalue weighted by atomic mass is 10.1. The number of ether oxygens (including phenoxy) is 2. The number of nitrogens with one attached hydrogen (secondary N) is 1. The molecule has 0 saturated carbocycles. The molecule has 8 nitrogen and oxygen atoms in total. The molecule has 1 N–H and O–H groups in total. The van der Waals surface area contributed by atoms with E-state index in [1.807, 2.05) is 0 Å². The second-order valence-corrected chi connectivity index (χ2v) is 9.44. The van der Waals surface area contributed by atoms with Gasteiger partial charge in [-0.1, -0.05) is 11.6 Å². The maximum atomic E-state index is 12.9. The Morgan fingerprint density at radius 3 is 2.21 bits per heavy atom. The van der Waals surface area contributed by atoms with Crippen molar-refractivity contribution >= 4 is 44.9 Å². The fraction of sp³-hybridized carbons (Fsp3) is 0.167. The van der Waals surface area contributed by atoms with Gasteiger partial charge >= 0.3 is 5.97 Å². The van der Waals surface area contributed by atoms with Crippen LogP contribution < -0.4 is 14.4 Å². The molecule has 0 aliphatic carbocycles. The topological polar surface area (TPSA) is 102 Å². The zero-order chi connectivity index (χ0) is 24.9. The lowest BCUT2D eigenvalue weighted by Crippen LogP contribution is -2.26. The molecule has 3 rings (SSSR count). The highest BCUT2D eigenvalue weighted by atomic mass is 35.5. The summed E-state index contributed by atoms with van der Waals surface area (Å²) in [7, 11) is -0.861. The number of benzene rings is 3. The van der Waals surface area contributed by atoms with E-state index >= 15 is 0 Å². The Labute approximate surface area is 203 Å². The van der Waals surface area contributed by atoms with Crippen LogP contribution in [0.5, 0.6) is 5.75 Å². The minimum atomic E-state index is -3.79. The highest BCUT2D eigenvalue weighted by Gasteiger charge is 2.21. The van der Waals surface area contributed by atoms with Crippen LogP contribution in [0.2, 0.25) is 5.02 Å². The van der Waals surface area contributed by atoms with E-state index in [-0.39, 0.29) is 22.1 Å². The summed E-state index contributed by atoms with van der Waals surface area (Å²) in [6, 6.07) is 16.6. The van der Waals surface area contributed by atoms with Gasteiger partial charge in [0.15, 0.2) is 0 Å². The number of carbonyl (C=O) groups excluding carboxylic acids is 2. The first-order valence-corrected chi connectivity index (χ1v) is 12.0. The fourth-order valence-corrected chi connectivity index (χ4v) is 4.49. The van der Waals surface area contributed by atoms with Crippen molar-refractivity contribution in [3.8, 4) is 5.75 Å². The highest BCUT2D eigenvalue weighted by molar-refractivity contribution is 7.92. The Balaban J connectivity index is 1.72. The number of hydrogen-bond donors (Lipinski definition) is 1. The van der Waals surface area contributed by atoms with Gasteiger partial charge in [-0.3, -0.25) is 9.10 Å². The maximum absolute atomic E-state index is 12.9. The van der Waals surface area contributed by atoms with Crippen molar-refractivity contribution in [1.29, 1.82) is 0 Å². The van der Waals surface area contributed by atoms with Crippen LogP contribution in [0.1, 0.15) is 27.6 Å². The van der Waals surface area contributed by atoms with E-state index in [0.717, 1.165) is 4.31 Å². The van der Waals surface area contributed by atoms with Crippen molar-refractivity contribution in [1.82, 2.24) is 0 Å². The average Bonchev–Trinajstić information content (AvgIpc) is 2.83. The summed E-state index contributed by atoms with van der Waals surface area (Å²) in [5, 5.41) is 2.84. The van der Waals surface area contributed by atoms with Gasteiger partial charge in [0.1, 0.15) is 5.75 Å². The van der Waals surface area contributed by atoms with E-state index in [1.54, 1.807) is 25.1 Å². The molecule has 0 aliphatic heterocycles. The molecule has 0 saturated heterocycles. The Kier molecular flexibility index (Phi) is 7.80. The first kappa shape index (κ1) is 25.1. The van der Waals surface area contributed by atoms with E-state index in [4.69, 9.17) is 21.1 Å². The third kappa shape index (κ3) is 5.49. The second-order valence-electron chi connectivity index (χ2n) is 7.06. The summed E-state index contributed by atoms with van der Waals surface area (Å²) in [5.41, 5.74) is 1.29. The molecule has 3 aromatic rings. The van der Waals surface area contributed by atoms with Crippen LogP contribution in [0.3, 0.4) is 0 Å². The zero-order valence-electron chi connectivity index (χ0n) is 18.7. The Morgan fingerprint density at radius 2 is 1.65 bits per heavy atom. The molecule has 0 unspecified atom stereocenters. The number of halogens is 1. The molecule has 1 amide bonds. The normalized spacial score (nSPS) is 10.9.